The Bertz CT molecular complexity index is 670. The number of carbonyl (C=O) groups is 1. The minimum atomic E-state index is -0.153. The highest BCUT2D eigenvalue weighted by atomic mass is 16.2. The molecule has 0 saturated heterocycles. The molecule has 5 nitrogen and oxygen atoms in total. The van der Waals surface area contributed by atoms with Gasteiger partial charge in [0.05, 0.1) is 0 Å². The van der Waals surface area contributed by atoms with Crippen molar-refractivity contribution in [3.8, 4) is 0 Å². The van der Waals surface area contributed by atoms with Crippen molar-refractivity contribution in [1.82, 2.24) is 20.7 Å². The van der Waals surface area contributed by atoms with E-state index >= 15 is 0 Å². The molecule has 1 aliphatic heterocycles. The lowest BCUT2D eigenvalue weighted by molar-refractivity contribution is 0.0937. The van der Waals surface area contributed by atoms with E-state index in [2.05, 4.69) is 51.1 Å². The first-order chi connectivity index (χ1) is 11.3. The van der Waals surface area contributed by atoms with Crippen LogP contribution in [0.15, 0.2) is 66.6 Å². The summed E-state index contributed by atoms with van der Waals surface area (Å²) in [7, 11) is 0. The van der Waals surface area contributed by atoms with Crippen LogP contribution in [-0.2, 0) is 6.54 Å². The largest absolute Gasteiger partial charge is 0.303 e. The number of amides is 1. The van der Waals surface area contributed by atoms with E-state index < -0.39 is 0 Å². The van der Waals surface area contributed by atoms with Crippen LogP contribution in [0.1, 0.15) is 22.3 Å². The van der Waals surface area contributed by atoms with Crippen molar-refractivity contribution in [1.29, 1.82) is 0 Å². The summed E-state index contributed by atoms with van der Waals surface area (Å²) < 4.78 is 0. The smallest absolute Gasteiger partial charge is 0.269 e. The molecular formula is C18H20N4O. The minimum Gasteiger partial charge on any atom is -0.303 e. The third-order valence-electron chi connectivity index (χ3n) is 3.82. The Morgan fingerprint density at radius 3 is 2.61 bits per heavy atom. The lowest BCUT2D eigenvalue weighted by Gasteiger charge is -2.26. The summed E-state index contributed by atoms with van der Waals surface area (Å²) in [6.07, 6.45) is 6.23. The molecule has 0 bridgehead atoms. The van der Waals surface area contributed by atoms with Gasteiger partial charge in [-0.1, -0.05) is 30.3 Å². The molecule has 1 aromatic heterocycles. The number of hydrogen-bond acceptors (Lipinski definition) is 4. The summed E-state index contributed by atoms with van der Waals surface area (Å²) in [5, 5.41) is 0. The summed E-state index contributed by atoms with van der Waals surface area (Å²) in [5.74, 6) is -0.153. The van der Waals surface area contributed by atoms with Gasteiger partial charge in [0.1, 0.15) is 0 Å². The SMILES string of the molecule is O=C(NNC1=CCN(Cc2ccccc2)CC1)c1ccncc1. The second-order valence-electron chi connectivity index (χ2n) is 5.52. The highest BCUT2D eigenvalue weighted by Crippen LogP contribution is 2.11. The van der Waals surface area contributed by atoms with Gasteiger partial charge >= 0.3 is 0 Å². The molecule has 0 radical (unpaired) electrons. The van der Waals surface area contributed by atoms with Crippen LogP contribution in [0.2, 0.25) is 0 Å². The van der Waals surface area contributed by atoms with Crippen molar-refractivity contribution in [3.05, 3.63) is 77.8 Å². The molecule has 2 N–H and O–H groups in total. The molecule has 2 aromatic rings. The van der Waals surface area contributed by atoms with E-state index in [1.807, 2.05) is 6.07 Å². The molecule has 0 saturated carbocycles. The highest BCUT2D eigenvalue weighted by Gasteiger charge is 2.12. The van der Waals surface area contributed by atoms with Gasteiger partial charge in [-0.2, -0.15) is 0 Å². The van der Waals surface area contributed by atoms with Crippen LogP contribution in [0.5, 0.6) is 0 Å². The third-order valence-corrected chi connectivity index (χ3v) is 3.82. The van der Waals surface area contributed by atoms with Gasteiger partial charge in [-0.05, 0) is 23.8 Å². The molecule has 0 spiro atoms. The summed E-state index contributed by atoms with van der Waals surface area (Å²) in [6.45, 7) is 2.80. The summed E-state index contributed by atoms with van der Waals surface area (Å²) in [6, 6.07) is 13.8. The highest BCUT2D eigenvalue weighted by molar-refractivity contribution is 5.93. The van der Waals surface area contributed by atoms with Crippen LogP contribution < -0.4 is 10.9 Å². The Kier molecular flexibility index (Phi) is 5.01. The van der Waals surface area contributed by atoms with Crippen molar-refractivity contribution in [2.75, 3.05) is 13.1 Å². The van der Waals surface area contributed by atoms with Gasteiger partial charge in [0.2, 0.25) is 0 Å². The number of nitrogens with zero attached hydrogens (tertiary/aromatic N) is 2. The number of rotatable bonds is 5. The Labute approximate surface area is 136 Å². The van der Waals surface area contributed by atoms with E-state index in [1.165, 1.54) is 5.56 Å². The average Bonchev–Trinajstić information content (AvgIpc) is 2.62. The van der Waals surface area contributed by atoms with Gasteiger partial charge < -0.3 is 5.43 Å². The maximum Gasteiger partial charge on any atom is 0.269 e. The van der Waals surface area contributed by atoms with Crippen LogP contribution in [0.25, 0.3) is 0 Å². The van der Waals surface area contributed by atoms with E-state index in [9.17, 15) is 4.79 Å². The van der Waals surface area contributed by atoms with Crippen molar-refractivity contribution in [2.45, 2.75) is 13.0 Å². The third kappa shape index (κ3) is 4.40. The standard InChI is InChI=1S/C18H20N4O/c23-18(16-6-10-19-11-7-16)21-20-17-8-12-22(13-9-17)14-15-4-2-1-3-5-15/h1-8,10-11,20H,9,12-14H2,(H,21,23). The molecule has 118 valence electrons. The zero-order chi connectivity index (χ0) is 15.9. The second-order valence-corrected chi connectivity index (χ2v) is 5.52. The molecule has 3 rings (SSSR count). The molecule has 1 amide bonds. The Balaban J connectivity index is 1.47. The van der Waals surface area contributed by atoms with Gasteiger partial charge in [-0.3, -0.25) is 20.1 Å². The van der Waals surface area contributed by atoms with E-state index in [-0.39, 0.29) is 5.91 Å². The summed E-state index contributed by atoms with van der Waals surface area (Å²) >= 11 is 0. The molecule has 23 heavy (non-hydrogen) atoms. The van der Waals surface area contributed by atoms with Crippen LogP contribution in [0.3, 0.4) is 0 Å². The van der Waals surface area contributed by atoms with Crippen LogP contribution >= 0.6 is 0 Å². The van der Waals surface area contributed by atoms with E-state index in [1.54, 1.807) is 24.5 Å². The molecule has 1 aliphatic rings. The van der Waals surface area contributed by atoms with E-state index in [0.717, 1.165) is 31.8 Å². The quantitative estimate of drug-likeness (QED) is 0.831. The molecular weight excluding hydrogens is 288 g/mol. The number of benzene rings is 1. The van der Waals surface area contributed by atoms with Gasteiger partial charge in [-0.15, -0.1) is 0 Å². The molecule has 0 fully saturated rings. The number of hydrogen-bond donors (Lipinski definition) is 2. The predicted octanol–water partition coefficient (Wildman–Crippen LogP) is 2.11. The Morgan fingerprint density at radius 1 is 1.13 bits per heavy atom. The summed E-state index contributed by atoms with van der Waals surface area (Å²) in [4.78, 5) is 18.2. The molecule has 5 heteroatoms. The molecule has 2 heterocycles. The van der Waals surface area contributed by atoms with Crippen molar-refractivity contribution in [3.63, 3.8) is 0 Å². The van der Waals surface area contributed by atoms with Crippen LogP contribution in [0, 0.1) is 0 Å². The van der Waals surface area contributed by atoms with Crippen LogP contribution in [0.4, 0.5) is 0 Å². The van der Waals surface area contributed by atoms with Crippen molar-refractivity contribution < 1.29 is 4.79 Å². The number of hydrazine groups is 1. The average molecular weight is 308 g/mol. The monoisotopic (exact) mass is 308 g/mol. The molecule has 0 aliphatic carbocycles. The second kappa shape index (κ2) is 7.56. The normalized spacial score (nSPS) is 14.9. The zero-order valence-corrected chi connectivity index (χ0v) is 12.9. The molecule has 1 aromatic carbocycles. The Morgan fingerprint density at radius 2 is 1.91 bits per heavy atom. The van der Waals surface area contributed by atoms with Gasteiger partial charge in [-0.25, -0.2) is 0 Å². The maximum absolute atomic E-state index is 12.0. The maximum atomic E-state index is 12.0. The first-order valence-electron chi connectivity index (χ1n) is 7.73. The fourth-order valence-electron chi connectivity index (χ4n) is 2.52. The number of carbonyl (C=O) groups excluding carboxylic acids is 1. The minimum absolute atomic E-state index is 0.153. The summed E-state index contributed by atoms with van der Waals surface area (Å²) in [5.41, 5.74) is 8.72. The number of nitrogens with one attached hydrogen (secondary N) is 2. The van der Waals surface area contributed by atoms with E-state index in [0.29, 0.717) is 5.56 Å². The molecule has 0 atom stereocenters. The Hall–Kier alpha value is -2.66. The predicted molar refractivity (Wildman–Crippen MR) is 89.3 cm³/mol. The van der Waals surface area contributed by atoms with Gasteiger partial charge in [0, 0.05) is 49.7 Å². The first-order valence-corrected chi connectivity index (χ1v) is 7.73. The van der Waals surface area contributed by atoms with Crippen LogP contribution in [-0.4, -0.2) is 28.9 Å². The van der Waals surface area contributed by atoms with Gasteiger partial charge in [0.25, 0.3) is 5.91 Å². The van der Waals surface area contributed by atoms with Crippen molar-refractivity contribution in [2.24, 2.45) is 0 Å². The zero-order valence-electron chi connectivity index (χ0n) is 12.9. The molecule has 0 unspecified atom stereocenters. The van der Waals surface area contributed by atoms with Crippen molar-refractivity contribution >= 4 is 5.91 Å². The topological polar surface area (TPSA) is 57.3 Å². The lowest BCUT2D eigenvalue weighted by atomic mass is 10.1. The first kappa shape index (κ1) is 15.2. The number of aromatic nitrogens is 1. The number of pyridine rings is 1. The lowest BCUT2D eigenvalue weighted by Crippen LogP contribution is -2.40. The fraction of sp³-hybridized carbons (Fsp3) is 0.222. The fourth-order valence-corrected chi connectivity index (χ4v) is 2.52. The van der Waals surface area contributed by atoms with E-state index in [4.69, 9.17) is 0 Å². The van der Waals surface area contributed by atoms with Gasteiger partial charge in [0.15, 0.2) is 0 Å².